The van der Waals surface area contributed by atoms with Crippen molar-refractivity contribution in [2.75, 3.05) is 6.54 Å². The first-order valence-corrected chi connectivity index (χ1v) is 7.48. The molecule has 0 saturated heterocycles. The number of thiophene rings is 1. The van der Waals surface area contributed by atoms with Gasteiger partial charge in [-0.25, -0.2) is 0 Å². The van der Waals surface area contributed by atoms with E-state index in [1.54, 1.807) is 11.3 Å². The Balaban J connectivity index is 2.07. The fourth-order valence-corrected chi connectivity index (χ4v) is 2.81. The summed E-state index contributed by atoms with van der Waals surface area (Å²) in [7, 11) is 0. The smallest absolute Gasteiger partial charge is 0.169 e. The molecule has 2 aromatic heterocycles. The van der Waals surface area contributed by atoms with Gasteiger partial charge in [0.25, 0.3) is 0 Å². The van der Waals surface area contributed by atoms with Gasteiger partial charge in [-0.1, -0.05) is 13.0 Å². The maximum Gasteiger partial charge on any atom is 0.169 e. The van der Waals surface area contributed by atoms with Gasteiger partial charge in [-0.05, 0) is 52.5 Å². The van der Waals surface area contributed by atoms with E-state index in [0.29, 0.717) is 0 Å². The standard InChI is InChI=1S/C13H16BrNOS/c1-2-7-15-11(9-10-4-3-8-17-10)12-5-6-13(14)16-12/h3-6,8,11,15H,2,7,9H2,1H3. The number of halogens is 1. The number of nitrogens with one attached hydrogen (secondary N) is 1. The lowest BCUT2D eigenvalue weighted by molar-refractivity contribution is 0.401. The van der Waals surface area contributed by atoms with Gasteiger partial charge in [0.1, 0.15) is 5.76 Å². The monoisotopic (exact) mass is 313 g/mol. The van der Waals surface area contributed by atoms with Crippen LogP contribution in [0.15, 0.2) is 38.7 Å². The molecule has 1 atom stereocenters. The first kappa shape index (κ1) is 12.9. The van der Waals surface area contributed by atoms with Crippen LogP contribution >= 0.6 is 27.3 Å². The van der Waals surface area contributed by atoms with E-state index >= 15 is 0 Å². The Hall–Kier alpha value is -0.580. The van der Waals surface area contributed by atoms with Gasteiger partial charge in [-0.3, -0.25) is 0 Å². The third-order valence-corrected chi connectivity index (χ3v) is 3.89. The predicted molar refractivity (Wildman–Crippen MR) is 75.5 cm³/mol. The van der Waals surface area contributed by atoms with E-state index in [1.807, 2.05) is 12.1 Å². The first-order chi connectivity index (χ1) is 8.29. The molecule has 0 aliphatic carbocycles. The highest BCUT2D eigenvalue weighted by Crippen LogP contribution is 2.25. The molecule has 0 aliphatic heterocycles. The summed E-state index contributed by atoms with van der Waals surface area (Å²) in [6, 6.07) is 8.51. The fraction of sp³-hybridized carbons (Fsp3) is 0.385. The van der Waals surface area contributed by atoms with Crippen LogP contribution in [0.25, 0.3) is 0 Å². The second-order valence-electron chi connectivity index (χ2n) is 3.93. The number of furan rings is 1. The van der Waals surface area contributed by atoms with E-state index in [9.17, 15) is 0 Å². The van der Waals surface area contributed by atoms with Crippen molar-refractivity contribution in [3.05, 3.63) is 45.0 Å². The molecule has 1 unspecified atom stereocenters. The molecule has 2 aromatic rings. The maximum atomic E-state index is 5.65. The van der Waals surface area contributed by atoms with E-state index in [-0.39, 0.29) is 6.04 Å². The molecule has 0 fully saturated rings. The van der Waals surface area contributed by atoms with Gasteiger partial charge in [0.2, 0.25) is 0 Å². The second kappa shape index (κ2) is 6.38. The van der Waals surface area contributed by atoms with Crippen molar-refractivity contribution in [1.82, 2.24) is 5.32 Å². The van der Waals surface area contributed by atoms with Gasteiger partial charge in [-0.15, -0.1) is 11.3 Å². The molecule has 1 N–H and O–H groups in total. The Bertz CT molecular complexity index is 438. The predicted octanol–water partition coefficient (Wildman–Crippen LogP) is 4.39. The van der Waals surface area contributed by atoms with Gasteiger partial charge in [0, 0.05) is 11.3 Å². The molecule has 2 rings (SSSR count). The van der Waals surface area contributed by atoms with Crippen molar-refractivity contribution in [1.29, 1.82) is 0 Å². The van der Waals surface area contributed by atoms with Crippen LogP contribution in [0, 0.1) is 0 Å². The van der Waals surface area contributed by atoms with Crippen LogP contribution in [0.2, 0.25) is 0 Å². The normalized spacial score (nSPS) is 12.8. The van der Waals surface area contributed by atoms with Crippen LogP contribution in [-0.4, -0.2) is 6.54 Å². The summed E-state index contributed by atoms with van der Waals surface area (Å²) in [5, 5.41) is 5.64. The molecule has 0 saturated carbocycles. The van der Waals surface area contributed by atoms with Crippen molar-refractivity contribution in [2.45, 2.75) is 25.8 Å². The number of hydrogen-bond donors (Lipinski definition) is 1. The van der Waals surface area contributed by atoms with Crippen LogP contribution in [0.3, 0.4) is 0 Å². The molecule has 0 aliphatic rings. The molecule has 92 valence electrons. The van der Waals surface area contributed by atoms with Gasteiger partial charge in [-0.2, -0.15) is 0 Å². The van der Waals surface area contributed by atoms with Crippen LogP contribution in [0.4, 0.5) is 0 Å². The van der Waals surface area contributed by atoms with Crippen LogP contribution < -0.4 is 5.32 Å². The lowest BCUT2D eigenvalue weighted by Gasteiger charge is -2.15. The summed E-state index contributed by atoms with van der Waals surface area (Å²) in [5.41, 5.74) is 0. The highest BCUT2D eigenvalue weighted by Gasteiger charge is 2.15. The minimum atomic E-state index is 0.264. The zero-order valence-electron chi connectivity index (χ0n) is 9.78. The molecule has 0 amide bonds. The molecular formula is C13H16BrNOS. The zero-order valence-corrected chi connectivity index (χ0v) is 12.2. The molecule has 0 spiro atoms. The minimum Gasteiger partial charge on any atom is -0.453 e. The highest BCUT2D eigenvalue weighted by atomic mass is 79.9. The van der Waals surface area contributed by atoms with Crippen molar-refractivity contribution < 1.29 is 4.42 Å². The highest BCUT2D eigenvalue weighted by molar-refractivity contribution is 9.10. The van der Waals surface area contributed by atoms with E-state index in [0.717, 1.165) is 29.8 Å². The van der Waals surface area contributed by atoms with Crippen LogP contribution in [0.1, 0.15) is 30.0 Å². The molecule has 2 heterocycles. The maximum absolute atomic E-state index is 5.65. The average Bonchev–Trinajstić information content (AvgIpc) is 2.95. The van der Waals surface area contributed by atoms with Gasteiger partial charge in [0.15, 0.2) is 4.67 Å². The number of rotatable bonds is 6. The summed E-state index contributed by atoms with van der Waals surface area (Å²) >= 11 is 5.15. The summed E-state index contributed by atoms with van der Waals surface area (Å²) < 4.78 is 6.44. The quantitative estimate of drug-likeness (QED) is 0.855. The third-order valence-electron chi connectivity index (χ3n) is 2.56. The lowest BCUT2D eigenvalue weighted by Crippen LogP contribution is -2.23. The van der Waals surface area contributed by atoms with Crippen LogP contribution in [-0.2, 0) is 6.42 Å². The molecule has 4 heteroatoms. The van der Waals surface area contributed by atoms with Gasteiger partial charge < -0.3 is 9.73 Å². The minimum absolute atomic E-state index is 0.264. The lowest BCUT2D eigenvalue weighted by atomic mass is 10.1. The fourth-order valence-electron chi connectivity index (χ4n) is 1.74. The average molecular weight is 314 g/mol. The summed E-state index contributed by atoms with van der Waals surface area (Å²) in [5.74, 6) is 0.999. The first-order valence-electron chi connectivity index (χ1n) is 5.80. The summed E-state index contributed by atoms with van der Waals surface area (Å²) in [6.07, 6.45) is 2.11. The Labute approximate surface area is 114 Å². The van der Waals surface area contributed by atoms with Crippen molar-refractivity contribution in [3.8, 4) is 0 Å². The van der Waals surface area contributed by atoms with Crippen molar-refractivity contribution in [3.63, 3.8) is 0 Å². The van der Waals surface area contributed by atoms with E-state index < -0.39 is 0 Å². The van der Waals surface area contributed by atoms with E-state index in [2.05, 4.69) is 45.7 Å². The molecule has 0 bridgehead atoms. The van der Waals surface area contributed by atoms with Crippen molar-refractivity contribution in [2.24, 2.45) is 0 Å². The van der Waals surface area contributed by atoms with Crippen LogP contribution in [0.5, 0.6) is 0 Å². The largest absolute Gasteiger partial charge is 0.453 e. The Morgan fingerprint density at radius 1 is 1.41 bits per heavy atom. The van der Waals surface area contributed by atoms with E-state index in [1.165, 1.54) is 4.88 Å². The Morgan fingerprint density at radius 2 is 2.29 bits per heavy atom. The summed E-state index contributed by atoms with van der Waals surface area (Å²) in [6.45, 7) is 3.18. The third kappa shape index (κ3) is 3.69. The zero-order chi connectivity index (χ0) is 12.1. The second-order valence-corrected chi connectivity index (χ2v) is 5.75. The molecule has 2 nitrogen and oxygen atoms in total. The van der Waals surface area contributed by atoms with Gasteiger partial charge in [0.05, 0.1) is 6.04 Å². The number of hydrogen-bond acceptors (Lipinski definition) is 3. The summed E-state index contributed by atoms with van der Waals surface area (Å²) in [4.78, 5) is 1.38. The molecule has 0 aromatic carbocycles. The topological polar surface area (TPSA) is 25.2 Å². The Morgan fingerprint density at radius 3 is 2.88 bits per heavy atom. The SMILES string of the molecule is CCCNC(Cc1cccs1)c1ccc(Br)o1. The van der Waals surface area contributed by atoms with Crippen molar-refractivity contribution >= 4 is 27.3 Å². The molecule has 0 radical (unpaired) electrons. The van der Waals surface area contributed by atoms with E-state index in [4.69, 9.17) is 4.42 Å². The van der Waals surface area contributed by atoms with Gasteiger partial charge >= 0.3 is 0 Å². The molecule has 17 heavy (non-hydrogen) atoms. The Kier molecular flexibility index (Phi) is 4.83. The molecular weight excluding hydrogens is 298 g/mol.